The molecule has 110 valence electrons. The van der Waals surface area contributed by atoms with Crippen molar-refractivity contribution in [3.05, 3.63) is 23.8 Å². The van der Waals surface area contributed by atoms with Crippen LogP contribution in [0.25, 0.3) is 0 Å². The van der Waals surface area contributed by atoms with Crippen LogP contribution in [0.2, 0.25) is 0 Å². The molecule has 0 spiro atoms. The second-order valence-electron chi connectivity index (χ2n) is 4.43. The lowest BCUT2D eigenvalue weighted by Gasteiger charge is -2.16. The number of anilines is 1. The van der Waals surface area contributed by atoms with Crippen molar-refractivity contribution in [1.82, 2.24) is 0 Å². The molecule has 20 heavy (non-hydrogen) atoms. The van der Waals surface area contributed by atoms with E-state index < -0.39 is 10.2 Å². The van der Waals surface area contributed by atoms with Gasteiger partial charge in [0.1, 0.15) is 17.4 Å². The van der Waals surface area contributed by atoms with E-state index in [1.807, 2.05) is 6.07 Å². The number of nitrogens with two attached hydrogens (primary N) is 1. The van der Waals surface area contributed by atoms with Crippen molar-refractivity contribution >= 4 is 15.9 Å². The van der Waals surface area contributed by atoms with E-state index in [0.29, 0.717) is 18.3 Å². The number of nitrogens with one attached hydrogen (secondary N) is 1. The molecule has 1 rings (SSSR count). The Labute approximate surface area is 119 Å². The Morgan fingerprint density at radius 2 is 2.05 bits per heavy atom. The standard InChI is InChI=1S/C13H19N3O3S/c1-3-10(4-2)9-19-13-7-5-6-12(11(13)8-14)16-20(15,17)18/h5-7,10,16H,3-4,9H2,1-2H3,(H2,15,17,18). The third kappa shape index (κ3) is 4.72. The molecule has 3 N–H and O–H groups in total. The normalized spacial score (nSPS) is 11.2. The van der Waals surface area contributed by atoms with Crippen molar-refractivity contribution in [2.24, 2.45) is 11.1 Å². The van der Waals surface area contributed by atoms with E-state index in [1.165, 1.54) is 6.07 Å². The summed E-state index contributed by atoms with van der Waals surface area (Å²) in [6.45, 7) is 4.63. The molecule has 0 saturated heterocycles. The summed E-state index contributed by atoms with van der Waals surface area (Å²) in [5.41, 5.74) is 0.254. The minimum atomic E-state index is -3.92. The van der Waals surface area contributed by atoms with Gasteiger partial charge in [-0.3, -0.25) is 4.72 Å². The molecule has 1 aromatic rings. The highest BCUT2D eigenvalue weighted by molar-refractivity contribution is 7.90. The SMILES string of the molecule is CCC(CC)COc1cccc(NS(N)(=O)=O)c1C#N. The molecule has 0 heterocycles. The molecule has 0 amide bonds. The van der Waals surface area contributed by atoms with Crippen molar-refractivity contribution in [3.63, 3.8) is 0 Å². The highest BCUT2D eigenvalue weighted by atomic mass is 32.2. The Morgan fingerprint density at radius 3 is 2.55 bits per heavy atom. The summed E-state index contributed by atoms with van der Waals surface area (Å²) >= 11 is 0. The molecule has 0 aromatic heterocycles. The largest absolute Gasteiger partial charge is 0.492 e. The Bertz CT molecular complexity index is 589. The molecule has 0 atom stereocenters. The van der Waals surface area contributed by atoms with E-state index in [9.17, 15) is 13.7 Å². The van der Waals surface area contributed by atoms with Crippen molar-refractivity contribution in [2.45, 2.75) is 26.7 Å². The van der Waals surface area contributed by atoms with Crippen LogP contribution in [0.4, 0.5) is 5.69 Å². The van der Waals surface area contributed by atoms with Gasteiger partial charge < -0.3 is 4.74 Å². The first-order chi connectivity index (χ1) is 9.41. The first kappa shape index (κ1) is 16.3. The maximum Gasteiger partial charge on any atom is 0.296 e. The van der Waals surface area contributed by atoms with Gasteiger partial charge in [0.2, 0.25) is 0 Å². The van der Waals surface area contributed by atoms with Crippen LogP contribution in [0.1, 0.15) is 32.3 Å². The van der Waals surface area contributed by atoms with Crippen LogP contribution in [-0.2, 0) is 10.2 Å². The van der Waals surface area contributed by atoms with Crippen molar-refractivity contribution < 1.29 is 13.2 Å². The number of hydrogen-bond acceptors (Lipinski definition) is 4. The molecule has 0 aliphatic heterocycles. The summed E-state index contributed by atoms with van der Waals surface area (Å²) in [5.74, 6) is 0.754. The van der Waals surface area contributed by atoms with E-state index in [1.54, 1.807) is 12.1 Å². The van der Waals surface area contributed by atoms with Gasteiger partial charge >= 0.3 is 0 Å². The van der Waals surface area contributed by atoms with E-state index in [2.05, 4.69) is 18.6 Å². The second-order valence-corrected chi connectivity index (χ2v) is 5.73. The first-order valence-electron chi connectivity index (χ1n) is 6.37. The molecule has 0 aliphatic carbocycles. The van der Waals surface area contributed by atoms with E-state index >= 15 is 0 Å². The average Bonchev–Trinajstić information content (AvgIpc) is 2.38. The summed E-state index contributed by atoms with van der Waals surface area (Å²) in [4.78, 5) is 0. The van der Waals surface area contributed by atoms with Gasteiger partial charge in [-0.1, -0.05) is 32.8 Å². The van der Waals surface area contributed by atoms with Crippen LogP contribution in [-0.4, -0.2) is 15.0 Å². The van der Waals surface area contributed by atoms with Gasteiger partial charge in [0.05, 0.1) is 12.3 Å². The number of ether oxygens (including phenoxy) is 1. The summed E-state index contributed by atoms with van der Waals surface area (Å²) in [5, 5.41) is 14.1. The van der Waals surface area contributed by atoms with Crippen molar-refractivity contribution in [3.8, 4) is 11.8 Å². The molecule has 0 unspecified atom stereocenters. The lowest BCUT2D eigenvalue weighted by Crippen LogP contribution is -2.22. The first-order valence-corrected chi connectivity index (χ1v) is 7.92. The van der Waals surface area contributed by atoms with Crippen LogP contribution < -0.4 is 14.6 Å². The molecule has 0 aliphatic rings. The number of rotatable bonds is 7. The number of nitrogens with zero attached hydrogens (tertiary/aromatic N) is 1. The second kappa shape index (κ2) is 7.12. The van der Waals surface area contributed by atoms with E-state index in [0.717, 1.165) is 12.8 Å². The van der Waals surface area contributed by atoms with Crippen molar-refractivity contribution in [1.29, 1.82) is 5.26 Å². The highest BCUT2D eigenvalue weighted by Crippen LogP contribution is 2.27. The zero-order valence-corrected chi connectivity index (χ0v) is 12.4. The van der Waals surface area contributed by atoms with Gasteiger partial charge in [-0.25, -0.2) is 5.14 Å². The van der Waals surface area contributed by atoms with Crippen LogP contribution in [0.15, 0.2) is 18.2 Å². The van der Waals surface area contributed by atoms with Crippen LogP contribution >= 0.6 is 0 Å². The smallest absolute Gasteiger partial charge is 0.296 e. The maximum atomic E-state index is 11.1. The summed E-state index contributed by atoms with van der Waals surface area (Å²) < 4.78 is 29.8. The summed E-state index contributed by atoms with van der Waals surface area (Å²) in [6.07, 6.45) is 1.96. The monoisotopic (exact) mass is 297 g/mol. The quantitative estimate of drug-likeness (QED) is 0.802. The predicted molar refractivity (Wildman–Crippen MR) is 77.5 cm³/mol. The molecule has 0 saturated carbocycles. The zero-order chi connectivity index (χ0) is 15.2. The third-order valence-corrected chi connectivity index (χ3v) is 3.52. The summed E-state index contributed by atoms with van der Waals surface area (Å²) in [6, 6.07) is 6.65. The van der Waals surface area contributed by atoms with Crippen LogP contribution in [0.3, 0.4) is 0 Å². The number of hydrogen-bond donors (Lipinski definition) is 2. The molecule has 7 heteroatoms. The molecular formula is C13H19N3O3S. The average molecular weight is 297 g/mol. The van der Waals surface area contributed by atoms with E-state index in [-0.39, 0.29) is 11.3 Å². The highest BCUT2D eigenvalue weighted by Gasteiger charge is 2.14. The predicted octanol–water partition coefficient (Wildman–Crippen LogP) is 1.99. The molecule has 0 bridgehead atoms. The summed E-state index contributed by atoms with van der Waals surface area (Å²) in [7, 11) is -3.92. The van der Waals surface area contributed by atoms with Crippen molar-refractivity contribution in [2.75, 3.05) is 11.3 Å². The lowest BCUT2D eigenvalue weighted by molar-refractivity contribution is 0.240. The Kier molecular flexibility index (Phi) is 5.80. The van der Waals surface area contributed by atoms with E-state index in [4.69, 9.17) is 9.88 Å². The molecule has 1 aromatic carbocycles. The fraction of sp³-hybridized carbons (Fsp3) is 0.462. The Balaban J connectivity index is 2.98. The van der Waals surface area contributed by atoms with Crippen LogP contribution in [0, 0.1) is 17.2 Å². The Morgan fingerprint density at radius 1 is 1.40 bits per heavy atom. The van der Waals surface area contributed by atoms with Gasteiger partial charge in [0, 0.05) is 0 Å². The van der Waals surface area contributed by atoms with Crippen LogP contribution in [0.5, 0.6) is 5.75 Å². The minimum Gasteiger partial charge on any atom is -0.492 e. The molecule has 0 radical (unpaired) electrons. The maximum absolute atomic E-state index is 11.1. The number of benzene rings is 1. The molecular weight excluding hydrogens is 278 g/mol. The lowest BCUT2D eigenvalue weighted by atomic mass is 10.1. The van der Waals surface area contributed by atoms with Gasteiger partial charge in [0.25, 0.3) is 10.2 Å². The molecule has 6 nitrogen and oxygen atoms in total. The zero-order valence-electron chi connectivity index (χ0n) is 11.6. The van der Waals surface area contributed by atoms with Gasteiger partial charge in [-0.05, 0) is 18.1 Å². The Hall–Kier alpha value is -1.78. The van der Waals surface area contributed by atoms with Gasteiger partial charge in [0.15, 0.2) is 0 Å². The van der Waals surface area contributed by atoms with Gasteiger partial charge in [-0.2, -0.15) is 13.7 Å². The number of nitriles is 1. The topological polar surface area (TPSA) is 105 Å². The third-order valence-electron chi connectivity index (χ3n) is 3.02. The fourth-order valence-electron chi connectivity index (χ4n) is 1.74. The molecule has 0 fully saturated rings. The van der Waals surface area contributed by atoms with Gasteiger partial charge in [-0.15, -0.1) is 0 Å². The minimum absolute atomic E-state index is 0.122. The fourth-order valence-corrected chi connectivity index (χ4v) is 2.21.